The molecule has 0 fully saturated rings. The number of ether oxygens (including phenoxy) is 1. The Hall–Kier alpha value is -2.50. The first-order chi connectivity index (χ1) is 11.8. The largest absolute Gasteiger partial charge is 0.497 e. The van der Waals surface area contributed by atoms with Gasteiger partial charge in [0.05, 0.1) is 18.5 Å². The molecule has 1 atom stereocenters. The number of halogens is 3. The van der Waals surface area contributed by atoms with E-state index < -0.39 is 12.2 Å². The maximum Gasteiger partial charge on any atom is 0.411 e. The molecule has 0 saturated carbocycles. The number of rotatable bonds is 3. The van der Waals surface area contributed by atoms with E-state index in [0.29, 0.717) is 22.7 Å². The molecular formula is C19H19F3N2O. The molecule has 2 aromatic rings. The molecule has 25 heavy (non-hydrogen) atoms. The summed E-state index contributed by atoms with van der Waals surface area (Å²) in [6, 6.07) is 10.6. The minimum atomic E-state index is -4.37. The van der Waals surface area contributed by atoms with Crippen molar-refractivity contribution < 1.29 is 17.9 Å². The first-order valence-electron chi connectivity index (χ1n) is 7.94. The van der Waals surface area contributed by atoms with Crippen LogP contribution in [0.5, 0.6) is 5.75 Å². The van der Waals surface area contributed by atoms with E-state index in [1.807, 2.05) is 13.0 Å². The van der Waals surface area contributed by atoms with Crippen molar-refractivity contribution in [2.75, 3.05) is 12.1 Å². The van der Waals surface area contributed by atoms with E-state index in [2.05, 4.69) is 5.10 Å². The lowest BCUT2D eigenvalue weighted by Gasteiger charge is -2.26. The Morgan fingerprint density at radius 1 is 1.12 bits per heavy atom. The molecule has 2 aromatic carbocycles. The summed E-state index contributed by atoms with van der Waals surface area (Å²) < 4.78 is 46.0. The summed E-state index contributed by atoms with van der Waals surface area (Å²) in [6.07, 6.45) is -4.56. The number of nitrogens with zero attached hydrogens (tertiary/aromatic N) is 2. The van der Waals surface area contributed by atoms with Gasteiger partial charge in [0, 0.05) is 12.0 Å². The van der Waals surface area contributed by atoms with Gasteiger partial charge in [0.1, 0.15) is 5.75 Å². The van der Waals surface area contributed by atoms with Gasteiger partial charge < -0.3 is 4.74 Å². The summed E-state index contributed by atoms with van der Waals surface area (Å²) >= 11 is 0. The second-order valence-corrected chi connectivity index (χ2v) is 6.17. The van der Waals surface area contributed by atoms with Gasteiger partial charge in [-0.05, 0) is 37.6 Å². The Kier molecular flexibility index (Phi) is 4.45. The van der Waals surface area contributed by atoms with Gasteiger partial charge in [-0.25, -0.2) is 0 Å². The number of hydrazone groups is 1. The molecule has 132 valence electrons. The average molecular weight is 348 g/mol. The zero-order valence-corrected chi connectivity index (χ0v) is 14.3. The molecule has 0 radical (unpaired) electrons. The van der Waals surface area contributed by atoms with Gasteiger partial charge >= 0.3 is 6.18 Å². The summed E-state index contributed by atoms with van der Waals surface area (Å²) in [4.78, 5) is 0. The summed E-state index contributed by atoms with van der Waals surface area (Å²) in [5.74, 6) is 0.591. The van der Waals surface area contributed by atoms with Crippen LogP contribution in [0, 0.1) is 13.8 Å². The first-order valence-corrected chi connectivity index (χ1v) is 7.94. The van der Waals surface area contributed by atoms with Crippen LogP contribution in [0.3, 0.4) is 0 Å². The molecule has 1 aliphatic heterocycles. The number of benzene rings is 2. The lowest BCUT2D eigenvalue weighted by atomic mass is 10.0. The number of methoxy groups -OCH3 is 1. The third-order valence-corrected chi connectivity index (χ3v) is 4.29. The molecule has 1 heterocycles. The van der Waals surface area contributed by atoms with Gasteiger partial charge in [0.2, 0.25) is 0 Å². The maximum absolute atomic E-state index is 13.6. The highest BCUT2D eigenvalue weighted by Gasteiger charge is 2.48. The van der Waals surface area contributed by atoms with Crippen molar-refractivity contribution in [3.8, 4) is 5.75 Å². The molecule has 0 amide bonds. The molecule has 1 aliphatic rings. The predicted molar refractivity (Wildman–Crippen MR) is 92.4 cm³/mol. The zero-order chi connectivity index (χ0) is 18.2. The molecule has 0 aliphatic carbocycles. The maximum atomic E-state index is 13.6. The quantitative estimate of drug-likeness (QED) is 0.791. The molecule has 0 bridgehead atoms. The van der Waals surface area contributed by atoms with Crippen molar-refractivity contribution in [1.82, 2.24) is 0 Å². The third-order valence-electron chi connectivity index (χ3n) is 4.29. The van der Waals surface area contributed by atoms with Gasteiger partial charge in [0.25, 0.3) is 0 Å². The van der Waals surface area contributed by atoms with Crippen LogP contribution in [0.4, 0.5) is 18.9 Å². The van der Waals surface area contributed by atoms with Crippen molar-refractivity contribution in [1.29, 1.82) is 0 Å². The lowest BCUT2D eigenvalue weighted by Crippen LogP contribution is -2.40. The van der Waals surface area contributed by atoms with E-state index in [9.17, 15) is 13.2 Å². The summed E-state index contributed by atoms with van der Waals surface area (Å²) in [7, 11) is 1.52. The van der Waals surface area contributed by atoms with Crippen molar-refractivity contribution >= 4 is 11.4 Å². The Labute approximate surface area is 144 Å². The topological polar surface area (TPSA) is 24.8 Å². The normalized spacial score (nSPS) is 17.6. The highest BCUT2D eigenvalue weighted by molar-refractivity contribution is 6.03. The van der Waals surface area contributed by atoms with Gasteiger partial charge in [-0.3, -0.25) is 5.01 Å². The lowest BCUT2D eigenvalue weighted by molar-refractivity contribution is -0.145. The standard InChI is InChI=1S/C19H19F3N2O/c1-12-7-8-17(13(2)9-12)24-18(19(20,21)22)11-16(23-24)14-5-4-6-15(10-14)25-3/h4-10,18H,11H2,1-3H3. The molecule has 0 aromatic heterocycles. The predicted octanol–water partition coefficient (Wildman–Crippen LogP) is 4.86. The highest BCUT2D eigenvalue weighted by atomic mass is 19.4. The van der Waals surface area contributed by atoms with Crippen LogP contribution in [0.2, 0.25) is 0 Å². The van der Waals surface area contributed by atoms with Crippen LogP contribution in [-0.4, -0.2) is 25.0 Å². The van der Waals surface area contributed by atoms with E-state index >= 15 is 0 Å². The van der Waals surface area contributed by atoms with E-state index in [4.69, 9.17) is 4.74 Å². The molecule has 0 spiro atoms. The fraction of sp³-hybridized carbons (Fsp3) is 0.316. The van der Waals surface area contributed by atoms with E-state index in [-0.39, 0.29) is 6.42 Å². The van der Waals surface area contributed by atoms with Crippen molar-refractivity contribution in [2.24, 2.45) is 5.10 Å². The third kappa shape index (κ3) is 3.48. The first kappa shape index (κ1) is 17.3. The number of hydrogen-bond donors (Lipinski definition) is 0. The number of aryl methyl sites for hydroxylation is 2. The fourth-order valence-electron chi connectivity index (χ4n) is 3.03. The summed E-state index contributed by atoms with van der Waals surface area (Å²) in [5, 5.41) is 5.42. The fourth-order valence-corrected chi connectivity index (χ4v) is 3.03. The Bertz CT molecular complexity index is 815. The second-order valence-electron chi connectivity index (χ2n) is 6.17. The SMILES string of the molecule is COc1cccc(C2=NN(c3ccc(C)cc3C)C(C(F)(F)F)C2)c1. The average Bonchev–Trinajstić information content (AvgIpc) is 3.00. The molecular weight excluding hydrogens is 329 g/mol. The van der Waals surface area contributed by atoms with Crippen molar-refractivity contribution in [3.05, 3.63) is 59.2 Å². The zero-order valence-electron chi connectivity index (χ0n) is 14.3. The molecule has 0 N–H and O–H groups in total. The van der Waals surface area contributed by atoms with E-state index in [0.717, 1.165) is 16.1 Å². The summed E-state index contributed by atoms with van der Waals surface area (Å²) in [5.41, 5.74) is 3.29. The second kappa shape index (κ2) is 6.43. The van der Waals surface area contributed by atoms with Crippen LogP contribution in [-0.2, 0) is 0 Å². The molecule has 3 rings (SSSR count). The van der Waals surface area contributed by atoms with Gasteiger partial charge in [-0.2, -0.15) is 18.3 Å². The smallest absolute Gasteiger partial charge is 0.411 e. The monoisotopic (exact) mass is 348 g/mol. The van der Waals surface area contributed by atoms with Crippen LogP contribution in [0.25, 0.3) is 0 Å². The Balaban J connectivity index is 2.04. The Morgan fingerprint density at radius 2 is 1.88 bits per heavy atom. The minimum Gasteiger partial charge on any atom is -0.497 e. The Morgan fingerprint density at radius 3 is 2.52 bits per heavy atom. The van der Waals surface area contributed by atoms with Crippen LogP contribution < -0.4 is 9.75 Å². The van der Waals surface area contributed by atoms with Gasteiger partial charge in [-0.15, -0.1) is 0 Å². The number of alkyl halides is 3. The van der Waals surface area contributed by atoms with Gasteiger partial charge in [-0.1, -0.05) is 29.8 Å². The van der Waals surface area contributed by atoms with E-state index in [1.165, 1.54) is 7.11 Å². The molecule has 6 heteroatoms. The van der Waals surface area contributed by atoms with Crippen LogP contribution in [0.15, 0.2) is 47.6 Å². The minimum absolute atomic E-state index is 0.190. The van der Waals surface area contributed by atoms with Crippen LogP contribution >= 0.6 is 0 Å². The van der Waals surface area contributed by atoms with Crippen molar-refractivity contribution in [2.45, 2.75) is 32.5 Å². The molecule has 3 nitrogen and oxygen atoms in total. The molecule has 1 unspecified atom stereocenters. The highest BCUT2D eigenvalue weighted by Crippen LogP contribution is 2.38. The molecule has 0 saturated heterocycles. The van der Waals surface area contributed by atoms with Crippen LogP contribution in [0.1, 0.15) is 23.1 Å². The van der Waals surface area contributed by atoms with E-state index in [1.54, 1.807) is 43.3 Å². The summed E-state index contributed by atoms with van der Waals surface area (Å²) in [6.45, 7) is 3.71. The van der Waals surface area contributed by atoms with Gasteiger partial charge in [0.15, 0.2) is 6.04 Å². The van der Waals surface area contributed by atoms with Crippen molar-refractivity contribution in [3.63, 3.8) is 0 Å². The number of hydrogen-bond acceptors (Lipinski definition) is 3. The number of anilines is 1.